The molecule has 0 aromatic carbocycles. The summed E-state index contributed by atoms with van der Waals surface area (Å²) in [6, 6.07) is -0.357. The van der Waals surface area contributed by atoms with Crippen LogP contribution in [0.15, 0.2) is 0 Å². The lowest BCUT2D eigenvalue weighted by atomic mass is 10.2. The van der Waals surface area contributed by atoms with Gasteiger partial charge in [-0.3, -0.25) is 0 Å². The molecule has 3 N–H and O–H groups in total. The van der Waals surface area contributed by atoms with E-state index in [1.165, 1.54) is 4.88 Å². The van der Waals surface area contributed by atoms with Crippen LogP contribution in [0.3, 0.4) is 0 Å². The van der Waals surface area contributed by atoms with Gasteiger partial charge in [-0.2, -0.15) is 5.21 Å². The van der Waals surface area contributed by atoms with E-state index in [2.05, 4.69) is 36.2 Å². The van der Waals surface area contributed by atoms with Crippen molar-refractivity contribution in [2.45, 2.75) is 39.8 Å². The predicted octanol–water partition coefficient (Wildman–Crippen LogP) is 1.22. The van der Waals surface area contributed by atoms with Crippen molar-refractivity contribution in [1.29, 1.82) is 0 Å². The third-order valence-corrected chi connectivity index (χ3v) is 4.04. The fraction of sp³-hybridized carbons (Fsp3) is 0.545. The first-order valence-electron chi connectivity index (χ1n) is 6.30. The molecule has 20 heavy (non-hydrogen) atoms. The number of hydrogen-bond donors (Lipinski definition) is 3. The minimum atomic E-state index is -0.271. The number of thiazole rings is 1. The number of hydrogen-bond acceptors (Lipinski definition) is 6. The van der Waals surface area contributed by atoms with Gasteiger partial charge in [-0.25, -0.2) is 9.78 Å². The molecule has 0 aliphatic carbocycles. The highest BCUT2D eigenvalue weighted by Crippen LogP contribution is 2.24. The van der Waals surface area contributed by atoms with Gasteiger partial charge in [0, 0.05) is 4.88 Å². The third kappa shape index (κ3) is 3.50. The van der Waals surface area contributed by atoms with Gasteiger partial charge < -0.3 is 10.6 Å². The number of nitrogens with zero attached hydrogens (tertiary/aromatic N) is 4. The number of aryl methyl sites for hydroxylation is 2. The molecule has 2 amide bonds. The molecule has 0 aliphatic heterocycles. The number of carbonyl (C=O) groups is 1. The molecule has 2 aromatic heterocycles. The maximum absolute atomic E-state index is 11.8. The molecule has 2 heterocycles. The molecular formula is C11H17N7OS. The molecule has 0 radical (unpaired) electrons. The summed E-state index contributed by atoms with van der Waals surface area (Å²) in [5.74, 6) is 0.439. The molecule has 2 rings (SSSR count). The van der Waals surface area contributed by atoms with Crippen molar-refractivity contribution in [3.63, 3.8) is 0 Å². The lowest BCUT2D eigenvalue weighted by molar-refractivity contribution is 0.236. The van der Waals surface area contributed by atoms with E-state index in [1.807, 2.05) is 20.8 Å². The van der Waals surface area contributed by atoms with E-state index >= 15 is 0 Å². The van der Waals surface area contributed by atoms with Crippen LogP contribution in [0.25, 0.3) is 0 Å². The molecule has 0 aliphatic rings. The summed E-state index contributed by atoms with van der Waals surface area (Å²) in [6.45, 7) is 6.24. The number of rotatable bonds is 5. The van der Waals surface area contributed by atoms with Crippen LogP contribution in [-0.2, 0) is 6.54 Å². The number of amides is 2. The maximum Gasteiger partial charge on any atom is 0.315 e. The van der Waals surface area contributed by atoms with E-state index in [1.54, 1.807) is 11.3 Å². The van der Waals surface area contributed by atoms with E-state index < -0.39 is 0 Å². The molecule has 0 spiro atoms. The summed E-state index contributed by atoms with van der Waals surface area (Å²) in [7, 11) is 0. The smallest absolute Gasteiger partial charge is 0.315 e. The van der Waals surface area contributed by atoms with Crippen LogP contribution in [0.2, 0.25) is 0 Å². The fourth-order valence-electron chi connectivity index (χ4n) is 1.61. The Balaban J connectivity index is 1.90. The van der Waals surface area contributed by atoms with E-state index in [-0.39, 0.29) is 18.6 Å². The summed E-state index contributed by atoms with van der Waals surface area (Å²) < 4.78 is 0. The zero-order chi connectivity index (χ0) is 14.5. The van der Waals surface area contributed by atoms with E-state index in [9.17, 15) is 4.79 Å². The average molecular weight is 295 g/mol. The average Bonchev–Trinajstić information content (AvgIpc) is 3.04. The molecule has 0 fully saturated rings. The first-order valence-corrected chi connectivity index (χ1v) is 7.12. The molecule has 8 nitrogen and oxygen atoms in total. The van der Waals surface area contributed by atoms with Crippen molar-refractivity contribution in [1.82, 2.24) is 36.2 Å². The largest absolute Gasteiger partial charge is 0.331 e. The Kier molecular flexibility index (Phi) is 4.61. The molecule has 1 atom stereocenters. The predicted molar refractivity (Wildman–Crippen MR) is 74.2 cm³/mol. The van der Waals surface area contributed by atoms with Crippen LogP contribution in [0.4, 0.5) is 4.79 Å². The van der Waals surface area contributed by atoms with E-state index in [0.717, 1.165) is 17.1 Å². The summed E-state index contributed by atoms with van der Waals surface area (Å²) in [5, 5.41) is 19.8. The molecule has 0 saturated carbocycles. The number of nitrogens with one attached hydrogen (secondary N) is 3. The highest BCUT2D eigenvalue weighted by Gasteiger charge is 2.17. The van der Waals surface area contributed by atoms with E-state index in [0.29, 0.717) is 5.82 Å². The standard InChI is InChI=1S/C11H17N7OS/c1-4-8(10-13-6(2)7(3)20-10)14-11(19)12-5-9-15-17-18-16-9/h8H,4-5H2,1-3H3,(H2,12,14,19)(H,15,16,17,18). The van der Waals surface area contributed by atoms with Crippen molar-refractivity contribution >= 4 is 17.4 Å². The first kappa shape index (κ1) is 14.4. The topological polar surface area (TPSA) is 108 Å². The Morgan fingerprint density at radius 3 is 2.80 bits per heavy atom. The number of aromatic amines is 1. The van der Waals surface area contributed by atoms with Crippen molar-refractivity contribution in [3.05, 3.63) is 21.4 Å². The van der Waals surface area contributed by atoms with Crippen LogP contribution in [0.1, 0.15) is 40.8 Å². The van der Waals surface area contributed by atoms with Crippen LogP contribution in [0, 0.1) is 13.8 Å². The number of H-pyrrole nitrogens is 1. The Labute approximate surface area is 120 Å². The van der Waals surface area contributed by atoms with Gasteiger partial charge in [0.1, 0.15) is 5.01 Å². The van der Waals surface area contributed by atoms with Crippen molar-refractivity contribution in [3.8, 4) is 0 Å². The van der Waals surface area contributed by atoms with Gasteiger partial charge in [-0.15, -0.1) is 21.5 Å². The summed E-state index contributed by atoms with van der Waals surface area (Å²) in [4.78, 5) is 17.5. The Morgan fingerprint density at radius 2 is 2.25 bits per heavy atom. The van der Waals surface area contributed by atoms with Gasteiger partial charge in [-0.1, -0.05) is 12.1 Å². The van der Waals surface area contributed by atoms with Gasteiger partial charge in [0.2, 0.25) is 0 Å². The molecule has 108 valence electrons. The second-order valence-corrected chi connectivity index (χ2v) is 5.54. The molecular weight excluding hydrogens is 278 g/mol. The number of carbonyl (C=O) groups excluding carboxylic acids is 1. The molecule has 2 aromatic rings. The lowest BCUT2D eigenvalue weighted by Crippen LogP contribution is -2.37. The molecule has 1 unspecified atom stereocenters. The van der Waals surface area contributed by atoms with Gasteiger partial charge in [-0.05, 0) is 20.3 Å². The summed E-state index contributed by atoms with van der Waals surface area (Å²) >= 11 is 1.61. The van der Waals surface area contributed by atoms with Crippen LogP contribution in [-0.4, -0.2) is 31.6 Å². The minimum Gasteiger partial charge on any atom is -0.331 e. The second kappa shape index (κ2) is 6.42. The highest BCUT2D eigenvalue weighted by molar-refractivity contribution is 7.11. The lowest BCUT2D eigenvalue weighted by Gasteiger charge is -2.14. The van der Waals surface area contributed by atoms with Crippen molar-refractivity contribution in [2.24, 2.45) is 0 Å². The van der Waals surface area contributed by atoms with Gasteiger partial charge >= 0.3 is 6.03 Å². The van der Waals surface area contributed by atoms with Crippen LogP contribution < -0.4 is 10.6 Å². The summed E-state index contributed by atoms with van der Waals surface area (Å²) in [5.41, 5.74) is 1.01. The quantitative estimate of drug-likeness (QED) is 0.768. The Bertz CT molecular complexity index is 546. The van der Waals surface area contributed by atoms with E-state index in [4.69, 9.17) is 0 Å². The number of urea groups is 1. The molecule has 9 heteroatoms. The zero-order valence-corrected chi connectivity index (χ0v) is 12.4. The highest BCUT2D eigenvalue weighted by atomic mass is 32.1. The Hall–Kier alpha value is -2.03. The third-order valence-electron chi connectivity index (χ3n) is 2.85. The zero-order valence-electron chi connectivity index (χ0n) is 11.6. The van der Waals surface area contributed by atoms with Gasteiger partial charge in [0.25, 0.3) is 0 Å². The summed E-state index contributed by atoms with van der Waals surface area (Å²) in [6.07, 6.45) is 0.780. The second-order valence-electron chi connectivity index (χ2n) is 4.31. The molecule has 0 bridgehead atoms. The van der Waals surface area contributed by atoms with Crippen LogP contribution >= 0.6 is 11.3 Å². The minimum absolute atomic E-state index is 0.0855. The molecule has 0 saturated heterocycles. The van der Waals surface area contributed by atoms with Crippen LogP contribution in [0.5, 0.6) is 0 Å². The van der Waals surface area contributed by atoms with Crippen molar-refractivity contribution < 1.29 is 4.79 Å². The monoisotopic (exact) mass is 295 g/mol. The SMILES string of the molecule is CCC(NC(=O)NCc1nn[nH]n1)c1nc(C)c(C)s1. The van der Waals surface area contributed by atoms with Gasteiger partial charge in [0.05, 0.1) is 18.3 Å². The number of tetrazole rings is 1. The van der Waals surface area contributed by atoms with Gasteiger partial charge in [0.15, 0.2) is 5.82 Å². The Morgan fingerprint density at radius 1 is 1.45 bits per heavy atom. The number of aromatic nitrogens is 5. The van der Waals surface area contributed by atoms with Crippen molar-refractivity contribution in [2.75, 3.05) is 0 Å². The normalized spacial score (nSPS) is 12.2. The fourth-order valence-corrected chi connectivity index (χ4v) is 2.67. The maximum atomic E-state index is 11.8. The first-order chi connectivity index (χ1) is 9.60.